The van der Waals surface area contributed by atoms with E-state index in [9.17, 15) is 13.7 Å². The topological polar surface area (TPSA) is 88.4 Å². The number of aromatic nitrogens is 1. The van der Waals surface area contributed by atoms with Gasteiger partial charge in [0.25, 0.3) is 0 Å². The molecule has 6 nitrogen and oxygen atoms in total. The summed E-state index contributed by atoms with van der Waals surface area (Å²) in [5.74, 6) is -0.333. The number of hydrogen-bond acceptors (Lipinski definition) is 4. The number of nitrogens with zero attached hydrogens (tertiary/aromatic N) is 2. The van der Waals surface area contributed by atoms with E-state index >= 15 is 0 Å². The third-order valence-electron chi connectivity index (χ3n) is 4.93. The normalized spacial score (nSPS) is 16.7. The molecule has 0 saturated carbocycles. The van der Waals surface area contributed by atoms with Gasteiger partial charge in [-0.2, -0.15) is 0 Å². The van der Waals surface area contributed by atoms with E-state index in [-0.39, 0.29) is 18.3 Å². The standard InChI is InChI=1S/C20H21FN4O2S/c21-15-3-6-17-18(12-23-19(17)11-15)14-1-4-16(5-2-14)28(27)25-10-9-24(8-7-22)20(26)13-25/h1-6,11-12,23H,7-10,13,22H2. The Morgan fingerprint density at radius 2 is 1.96 bits per heavy atom. The number of carbonyl (C=O) groups is 1. The zero-order valence-corrected chi connectivity index (χ0v) is 16.0. The van der Waals surface area contributed by atoms with Crippen LogP contribution in [0, 0.1) is 5.82 Å². The molecule has 1 fully saturated rings. The van der Waals surface area contributed by atoms with Crippen molar-refractivity contribution >= 4 is 28.2 Å². The van der Waals surface area contributed by atoms with E-state index in [1.807, 2.05) is 30.5 Å². The predicted octanol–water partition coefficient (Wildman–Crippen LogP) is 2.10. The maximum absolute atomic E-state index is 13.4. The molecule has 2 heterocycles. The van der Waals surface area contributed by atoms with Crippen LogP contribution in [0.4, 0.5) is 4.39 Å². The predicted molar refractivity (Wildman–Crippen MR) is 107 cm³/mol. The maximum Gasteiger partial charge on any atom is 0.241 e. The van der Waals surface area contributed by atoms with Crippen LogP contribution in [0.3, 0.4) is 0 Å². The van der Waals surface area contributed by atoms with Gasteiger partial charge in [-0.15, -0.1) is 4.31 Å². The van der Waals surface area contributed by atoms with Gasteiger partial charge in [0.1, 0.15) is 12.4 Å². The van der Waals surface area contributed by atoms with Crippen molar-refractivity contribution in [2.24, 2.45) is 5.73 Å². The number of hydrogen-bond donors (Lipinski definition) is 2. The minimum absolute atomic E-state index is 0.0484. The number of amides is 1. The Labute approximate surface area is 165 Å². The van der Waals surface area contributed by atoms with Crippen LogP contribution >= 0.6 is 0 Å². The highest BCUT2D eigenvalue weighted by molar-refractivity contribution is 7.89. The molecule has 0 spiro atoms. The number of fused-ring (bicyclic) bond motifs is 1. The van der Waals surface area contributed by atoms with Crippen molar-refractivity contribution in [2.75, 3.05) is 32.7 Å². The first-order valence-corrected chi connectivity index (χ1v) is 10.2. The number of piperazine rings is 1. The van der Waals surface area contributed by atoms with Crippen LogP contribution in [0.25, 0.3) is 22.0 Å². The molecule has 0 bridgehead atoms. The van der Waals surface area contributed by atoms with Gasteiger partial charge in [-0.3, -0.25) is 4.79 Å². The van der Waals surface area contributed by atoms with Gasteiger partial charge in [-0.25, -0.2) is 4.39 Å². The lowest BCUT2D eigenvalue weighted by atomic mass is 10.1. The van der Waals surface area contributed by atoms with Crippen LogP contribution in [-0.2, 0) is 16.2 Å². The molecule has 0 radical (unpaired) electrons. The number of H-pyrrole nitrogens is 1. The molecular weight excluding hydrogens is 379 g/mol. The second kappa shape index (κ2) is 7.92. The fourth-order valence-electron chi connectivity index (χ4n) is 3.46. The van der Waals surface area contributed by atoms with Gasteiger partial charge in [-0.1, -0.05) is 0 Å². The summed E-state index contributed by atoms with van der Waals surface area (Å²) < 4.78 is 27.9. The van der Waals surface area contributed by atoms with Crippen LogP contribution in [0.2, 0.25) is 0 Å². The molecule has 3 aromatic rings. The van der Waals surface area contributed by atoms with Gasteiger partial charge < -0.3 is 20.2 Å². The minimum Gasteiger partial charge on any atom is -0.593 e. The third kappa shape index (κ3) is 3.64. The van der Waals surface area contributed by atoms with Crippen LogP contribution in [-0.4, -0.2) is 57.4 Å². The molecule has 0 aliphatic carbocycles. The molecule has 8 heteroatoms. The number of aromatic amines is 1. The van der Waals surface area contributed by atoms with Crippen LogP contribution in [0.15, 0.2) is 53.6 Å². The van der Waals surface area contributed by atoms with Gasteiger partial charge in [0.2, 0.25) is 5.91 Å². The van der Waals surface area contributed by atoms with Crippen LogP contribution < -0.4 is 5.73 Å². The summed E-state index contributed by atoms with van der Waals surface area (Å²) in [4.78, 5) is 17.6. The van der Waals surface area contributed by atoms with E-state index in [1.54, 1.807) is 15.3 Å². The summed E-state index contributed by atoms with van der Waals surface area (Å²) in [6.45, 7) is 2.17. The summed E-state index contributed by atoms with van der Waals surface area (Å²) in [6.07, 6.45) is 1.84. The lowest BCUT2D eigenvalue weighted by molar-refractivity contribution is -0.133. The monoisotopic (exact) mass is 400 g/mol. The van der Waals surface area contributed by atoms with E-state index in [0.717, 1.165) is 22.0 Å². The molecule has 1 atom stereocenters. The highest BCUT2D eigenvalue weighted by Gasteiger charge is 2.32. The second-order valence-corrected chi connectivity index (χ2v) is 8.18. The smallest absolute Gasteiger partial charge is 0.241 e. The Morgan fingerprint density at radius 3 is 2.68 bits per heavy atom. The summed E-state index contributed by atoms with van der Waals surface area (Å²) in [7, 11) is 0. The first kappa shape index (κ1) is 18.9. The number of nitrogens with one attached hydrogen (secondary N) is 1. The number of benzene rings is 2. The first-order valence-electron chi connectivity index (χ1n) is 9.08. The highest BCUT2D eigenvalue weighted by atomic mass is 32.2. The zero-order chi connectivity index (χ0) is 19.7. The summed E-state index contributed by atoms with van der Waals surface area (Å²) >= 11 is -1.40. The quantitative estimate of drug-likeness (QED) is 0.642. The lowest BCUT2D eigenvalue weighted by Crippen LogP contribution is -2.53. The van der Waals surface area contributed by atoms with E-state index in [2.05, 4.69) is 4.98 Å². The van der Waals surface area contributed by atoms with Crippen molar-refractivity contribution in [2.45, 2.75) is 4.90 Å². The van der Waals surface area contributed by atoms with Crippen molar-refractivity contribution in [3.05, 3.63) is 54.5 Å². The fraction of sp³-hybridized carbons (Fsp3) is 0.250. The summed E-state index contributed by atoms with van der Waals surface area (Å²) in [5.41, 5.74) is 8.15. The molecule has 1 amide bonds. The Bertz CT molecular complexity index is 992. The number of nitrogens with two attached hydrogens (primary N) is 1. The molecule has 1 aliphatic heterocycles. The third-order valence-corrected chi connectivity index (χ3v) is 6.38. The zero-order valence-electron chi connectivity index (χ0n) is 15.2. The largest absolute Gasteiger partial charge is 0.593 e. The first-order chi connectivity index (χ1) is 13.6. The fourth-order valence-corrected chi connectivity index (χ4v) is 4.60. The maximum atomic E-state index is 13.4. The van der Waals surface area contributed by atoms with Crippen molar-refractivity contribution in [3.8, 4) is 11.1 Å². The van der Waals surface area contributed by atoms with Crippen molar-refractivity contribution in [1.29, 1.82) is 0 Å². The second-order valence-electron chi connectivity index (χ2n) is 6.70. The van der Waals surface area contributed by atoms with Gasteiger partial charge in [0.15, 0.2) is 4.90 Å². The van der Waals surface area contributed by atoms with Crippen molar-refractivity contribution in [1.82, 2.24) is 14.2 Å². The van der Waals surface area contributed by atoms with Crippen molar-refractivity contribution in [3.63, 3.8) is 0 Å². The minimum atomic E-state index is -1.40. The molecular formula is C20H21FN4O2S. The van der Waals surface area contributed by atoms with E-state index in [0.29, 0.717) is 31.1 Å². The average molecular weight is 400 g/mol. The molecule has 1 aliphatic rings. The Kier molecular flexibility index (Phi) is 5.36. The average Bonchev–Trinajstić information content (AvgIpc) is 3.12. The molecule has 146 valence electrons. The highest BCUT2D eigenvalue weighted by Crippen LogP contribution is 2.30. The van der Waals surface area contributed by atoms with Gasteiger partial charge in [0.05, 0.1) is 17.9 Å². The Hall–Kier alpha value is -2.39. The molecule has 4 rings (SSSR count). The summed E-state index contributed by atoms with van der Waals surface area (Å²) in [5, 5.41) is 0.928. The molecule has 1 unspecified atom stereocenters. The van der Waals surface area contributed by atoms with Crippen LogP contribution in [0.1, 0.15) is 0 Å². The molecule has 1 aromatic heterocycles. The van der Waals surface area contributed by atoms with E-state index in [1.165, 1.54) is 12.1 Å². The van der Waals surface area contributed by atoms with Crippen LogP contribution in [0.5, 0.6) is 0 Å². The number of halogens is 1. The molecule has 3 N–H and O–H groups in total. The van der Waals surface area contributed by atoms with E-state index < -0.39 is 11.4 Å². The molecule has 28 heavy (non-hydrogen) atoms. The Balaban J connectivity index is 1.50. The molecule has 1 saturated heterocycles. The lowest BCUT2D eigenvalue weighted by Gasteiger charge is -2.33. The number of rotatable bonds is 5. The Morgan fingerprint density at radius 1 is 1.18 bits per heavy atom. The SMILES string of the molecule is NCCN1CCN([S+]([O-])c2ccc(-c3c[nH]c4cc(F)ccc34)cc2)CC1=O. The van der Waals surface area contributed by atoms with Gasteiger partial charge >= 0.3 is 0 Å². The summed E-state index contributed by atoms with van der Waals surface area (Å²) in [6, 6.07) is 12.1. The van der Waals surface area contributed by atoms with Gasteiger partial charge in [0, 0.05) is 42.3 Å². The van der Waals surface area contributed by atoms with E-state index in [4.69, 9.17) is 5.73 Å². The molecule has 2 aromatic carbocycles. The van der Waals surface area contributed by atoms with Crippen molar-refractivity contribution < 1.29 is 13.7 Å². The van der Waals surface area contributed by atoms with Gasteiger partial charge in [-0.05, 0) is 48.0 Å². The number of carbonyl (C=O) groups excluding carboxylic acids is 1.